The highest BCUT2D eigenvalue weighted by molar-refractivity contribution is 6.10. The first-order valence-corrected chi connectivity index (χ1v) is 15.3. The van der Waals surface area contributed by atoms with Crippen LogP contribution in [0.1, 0.15) is 0 Å². The third-order valence-corrected chi connectivity index (χ3v) is 8.91. The van der Waals surface area contributed by atoms with E-state index >= 15 is 0 Å². The number of rotatable bonds is 3. The molecule has 0 N–H and O–H groups in total. The van der Waals surface area contributed by atoms with Gasteiger partial charge in [0.05, 0.1) is 22.4 Å². The van der Waals surface area contributed by atoms with Crippen LogP contribution >= 0.6 is 0 Å². The molecule has 0 spiro atoms. The molecule has 6 nitrogen and oxygen atoms in total. The molecule has 0 bridgehead atoms. The van der Waals surface area contributed by atoms with Gasteiger partial charge in [-0.25, -0.2) is 19.9 Å². The summed E-state index contributed by atoms with van der Waals surface area (Å²) in [6.07, 6.45) is 4.09. The maximum absolute atomic E-state index is 5.23. The molecule has 10 rings (SSSR count). The quantitative estimate of drug-likeness (QED) is 0.206. The molecular weight excluding hydrogens is 564 g/mol. The van der Waals surface area contributed by atoms with E-state index in [0.29, 0.717) is 0 Å². The molecule has 214 valence electrons. The van der Waals surface area contributed by atoms with Gasteiger partial charge in [0, 0.05) is 39.7 Å². The zero-order chi connectivity index (χ0) is 30.2. The first kappa shape index (κ1) is 25.0. The Labute approximate surface area is 262 Å². The predicted molar refractivity (Wildman–Crippen MR) is 186 cm³/mol. The molecule has 0 amide bonds. The third-order valence-electron chi connectivity index (χ3n) is 8.91. The summed E-state index contributed by atoms with van der Waals surface area (Å²) in [4.78, 5) is 20.4. The number of fused-ring (bicyclic) bond motifs is 10. The molecule has 6 heterocycles. The van der Waals surface area contributed by atoms with E-state index in [1.165, 1.54) is 0 Å². The topological polar surface area (TPSA) is 60.4 Å². The van der Waals surface area contributed by atoms with E-state index in [-0.39, 0.29) is 0 Å². The minimum absolute atomic E-state index is 0.858. The van der Waals surface area contributed by atoms with Crippen molar-refractivity contribution in [2.24, 2.45) is 0 Å². The van der Waals surface area contributed by atoms with Crippen LogP contribution in [0.4, 0.5) is 0 Å². The Bertz CT molecular complexity index is 2830. The monoisotopic (exact) mass is 588 g/mol. The van der Waals surface area contributed by atoms with Gasteiger partial charge in [-0.15, -0.1) is 0 Å². The Morgan fingerprint density at radius 1 is 0.391 bits per heavy atom. The summed E-state index contributed by atoms with van der Waals surface area (Å²) < 4.78 is 4.21. The largest absolute Gasteiger partial charge is 0.298 e. The second kappa shape index (κ2) is 9.55. The maximum atomic E-state index is 5.23. The summed E-state index contributed by atoms with van der Waals surface area (Å²) in [6.45, 7) is 0. The molecule has 0 aliphatic heterocycles. The Kier molecular flexibility index (Phi) is 5.19. The highest BCUT2D eigenvalue weighted by Crippen LogP contribution is 2.37. The zero-order valence-corrected chi connectivity index (χ0v) is 24.5. The van der Waals surface area contributed by atoms with Crippen molar-refractivity contribution >= 4 is 55.2 Å². The fraction of sp³-hybridized carbons (Fsp3) is 0. The number of para-hydroxylation sites is 1. The van der Waals surface area contributed by atoms with Crippen LogP contribution in [0.15, 0.2) is 146 Å². The number of nitrogens with zero attached hydrogens (tertiary/aromatic N) is 6. The number of benzene rings is 4. The van der Waals surface area contributed by atoms with Gasteiger partial charge >= 0.3 is 0 Å². The van der Waals surface area contributed by atoms with Crippen LogP contribution in [0, 0.1) is 0 Å². The number of hydrogen-bond acceptors (Lipinski definition) is 4. The lowest BCUT2D eigenvalue weighted by atomic mass is 9.96. The molecule has 0 fully saturated rings. The summed E-state index contributed by atoms with van der Waals surface area (Å²) in [6, 6.07) is 46.1. The molecule has 6 aromatic heterocycles. The van der Waals surface area contributed by atoms with Gasteiger partial charge in [0.15, 0.2) is 5.65 Å². The van der Waals surface area contributed by atoms with Crippen LogP contribution in [-0.4, -0.2) is 28.7 Å². The molecule has 4 aromatic carbocycles. The fourth-order valence-electron chi connectivity index (χ4n) is 6.80. The van der Waals surface area contributed by atoms with Gasteiger partial charge in [0.1, 0.15) is 22.3 Å². The fourth-order valence-corrected chi connectivity index (χ4v) is 6.80. The Morgan fingerprint density at radius 3 is 1.76 bits per heavy atom. The van der Waals surface area contributed by atoms with E-state index in [1.807, 2.05) is 54.7 Å². The van der Waals surface area contributed by atoms with Gasteiger partial charge in [-0.1, -0.05) is 91.0 Å². The van der Waals surface area contributed by atoms with Crippen LogP contribution in [0.25, 0.3) is 88.8 Å². The zero-order valence-electron chi connectivity index (χ0n) is 24.5. The second-order valence-electron chi connectivity index (χ2n) is 11.6. The average Bonchev–Trinajstić information content (AvgIpc) is 3.70. The molecule has 6 heteroatoms. The molecule has 0 atom stereocenters. The third kappa shape index (κ3) is 3.64. The van der Waals surface area contributed by atoms with Gasteiger partial charge in [-0.05, 0) is 53.6 Å². The molecule has 0 radical (unpaired) electrons. The van der Waals surface area contributed by atoms with E-state index in [4.69, 9.17) is 19.9 Å². The highest BCUT2D eigenvalue weighted by atomic mass is 15.1. The van der Waals surface area contributed by atoms with E-state index in [2.05, 4.69) is 99.9 Å². The van der Waals surface area contributed by atoms with Crippen molar-refractivity contribution in [3.63, 3.8) is 0 Å². The van der Waals surface area contributed by atoms with Gasteiger partial charge in [-0.3, -0.25) is 8.80 Å². The summed E-state index contributed by atoms with van der Waals surface area (Å²) in [7, 11) is 0. The van der Waals surface area contributed by atoms with E-state index in [9.17, 15) is 0 Å². The summed E-state index contributed by atoms with van der Waals surface area (Å²) in [5.41, 5.74) is 12.6. The van der Waals surface area contributed by atoms with Crippen LogP contribution in [0.3, 0.4) is 0 Å². The SMILES string of the molecule is c1cc(-c2cccc(-c3nc4ccccc4c4nc5ccccn5c34)c2)cc(-c2nc3c(nc4ccccn43)c3ccccc23)c1. The summed E-state index contributed by atoms with van der Waals surface area (Å²) in [5, 5.41) is 3.23. The predicted octanol–water partition coefficient (Wildman–Crippen LogP) is 9.39. The molecule has 46 heavy (non-hydrogen) atoms. The van der Waals surface area contributed by atoms with Crippen molar-refractivity contribution in [3.05, 3.63) is 146 Å². The van der Waals surface area contributed by atoms with Gasteiger partial charge < -0.3 is 0 Å². The number of aromatic nitrogens is 6. The molecule has 0 saturated heterocycles. The van der Waals surface area contributed by atoms with Crippen molar-refractivity contribution in [2.75, 3.05) is 0 Å². The van der Waals surface area contributed by atoms with Crippen LogP contribution < -0.4 is 0 Å². The molecule has 0 aliphatic carbocycles. The van der Waals surface area contributed by atoms with Crippen LogP contribution in [0.2, 0.25) is 0 Å². The first-order valence-electron chi connectivity index (χ1n) is 15.3. The van der Waals surface area contributed by atoms with E-state index in [0.717, 1.165) is 88.8 Å². The van der Waals surface area contributed by atoms with Gasteiger partial charge in [0.25, 0.3) is 0 Å². The number of imidazole rings is 2. The summed E-state index contributed by atoms with van der Waals surface area (Å²) >= 11 is 0. The lowest BCUT2D eigenvalue weighted by Gasteiger charge is -2.11. The van der Waals surface area contributed by atoms with Crippen molar-refractivity contribution in [1.82, 2.24) is 28.7 Å². The van der Waals surface area contributed by atoms with Crippen molar-refractivity contribution in [3.8, 4) is 33.6 Å². The Balaban J connectivity index is 1.16. The van der Waals surface area contributed by atoms with Crippen molar-refractivity contribution in [2.45, 2.75) is 0 Å². The van der Waals surface area contributed by atoms with Crippen LogP contribution in [0.5, 0.6) is 0 Å². The first-order chi connectivity index (χ1) is 22.8. The van der Waals surface area contributed by atoms with Crippen molar-refractivity contribution < 1.29 is 0 Å². The summed E-state index contributed by atoms with van der Waals surface area (Å²) in [5.74, 6) is 0. The minimum Gasteiger partial charge on any atom is -0.298 e. The van der Waals surface area contributed by atoms with E-state index < -0.39 is 0 Å². The van der Waals surface area contributed by atoms with Gasteiger partial charge in [-0.2, -0.15) is 0 Å². The minimum atomic E-state index is 0.858. The standard InChI is InChI=1S/C40H24N6/c1-2-16-30-29(15-1)35(44-40-38(30)43-34-20-6-8-22-46(34)40)27-13-9-11-25(23-27)26-12-10-14-28(24-26)36-39-37(31-17-3-4-18-32(31)41-36)42-33-19-5-7-21-45(33)39/h1-24H. The van der Waals surface area contributed by atoms with E-state index in [1.54, 1.807) is 0 Å². The van der Waals surface area contributed by atoms with Crippen molar-refractivity contribution in [1.29, 1.82) is 0 Å². The van der Waals surface area contributed by atoms with Gasteiger partial charge in [0.2, 0.25) is 0 Å². The molecule has 0 aliphatic rings. The normalized spacial score (nSPS) is 11.9. The number of pyridine rings is 4. The lowest BCUT2D eigenvalue weighted by Crippen LogP contribution is -1.93. The second-order valence-corrected chi connectivity index (χ2v) is 11.6. The molecule has 10 aromatic rings. The average molecular weight is 589 g/mol. The Hall–Kier alpha value is -6.40. The smallest absolute Gasteiger partial charge is 0.165 e. The molecule has 0 saturated carbocycles. The molecule has 0 unspecified atom stereocenters. The molecular formula is C40H24N6. The highest BCUT2D eigenvalue weighted by Gasteiger charge is 2.18. The number of hydrogen-bond donors (Lipinski definition) is 0. The maximum Gasteiger partial charge on any atom is 0.165 e. The lowest BCUT2D eigenvalue weighted by molar-refractivity contribution is 1.19. The van der Waals surface area contributed by atoms with Crippen LogP contribution in [-0.2, 0) is 0 Å². The Morgan fingerprint density at radius 2 is 0.978 bits per heavy atom.